The smallest absolute Gasteiger partial charge is 0.255 e. The van der Waals surface area contributed by atoms with Crippen LogP contribution in [0.4, 0.5) is 0 Å². The Kier molecular flexibility index (Phi) is 5.70. The maximum absolute atomic E-state index is 13.0. The highest BCUT2D eigenvalue weighted by atomic mass is 35.5. The minimum atomic E-state index is -0.124. The maximum Gasteiger partial charge on any atom is 0.255 e. The summed E-state index contributed by atoms with van der Waals surface area (Å²) in [6, 6.07) is 9.20. The summed E-state index contributed by atoms with van der Waals surface area (Å²) in [5.74, 6) is 0.628. The zero-order valence-electron chi connectivity index (χ0n) is 16.7. The van der Waals surface area contributed by atoms with E-state index in [0.29, 0.717) is 59.5 Å². The van der Waals surface area contributed by atoms with Gasteiger partial charge >= 0.3 is 0 Å². The molecule has 6 nitrogen and oxygen atoms in total. The van der Waals surface area contributed by atoms with Crippen LogP contribution in [0, 0.1) is 18.3 Å². The Bertz CT molecular complexity index is 1190. The number of rotatable bonds is 3. The van der Waals surface area contributed by atoms with Crippen molar-refractivity contribution < 1.29 is 9.53 Å². The quantitative estimate of drug-likeness (QED) is 0.611. The molecule has 0 spiro atoms. The number of aromatic nitrogens is 2. The Hall–Kier alpha value is -2.59. The number of ether oxygens (including phenoxy) is 1. The SMILES string of the molecule is Cc1cc(C#N)cc2c1nc(Cc1c(Cl)ccc(C(=O)N3CCOCC3)c1Cl)n2C. The Balaban J connectivity index is 1.73. The van der Waals surface area contributed by atoms with E-state index >= 15 is 0 Å². The lowest BCUT2D eigenvalue weighted by atomic mass is 10.1. The van der Waals surface area contributed by atoms with Crippen molar-refractivity contribution in [3.8, 4) is 6.07 Å². The summed E-state index contributed by atoms with van der Waals surface area (Å²) in [5, 5.41) is 10.1. The van der Waals surface area contributed by atoms with Gasteiger partial charge in [-0.05, 0) is 42.3 Å². The van der Waals surface area contributed by atoms with Gasteiger partial charge in [0.25, 0.3) is 5.91 Å². The molecule has 0 aliphatic carbocycles. The lowest BCUT2D eigenvalue weighted by Gasteiger charge is -2.27. The number of hydrogen-bond donors (Lipinski definition) is 0. The summed E-state index contributed by atoms with van der Waals surface area (Å²) >= 11 is 13.1. The van der Waals surface area contributed by atoms with Crippen molar-refractivity contribution >= 4 is 40.1 Å². The minimum Gasteiger partial charge on any atom is -0.378 e. The summed E-state index contributed by atoms with van der Waals surface area (Å²) in [6.45, 7) is 4.06. The maximum atomic E-state index is 13.0. The number of benzene rings is 2. The van der Waals surface area contributed by atoms with Crippen molar-refractivity contribution in [2.75, 3.05) is 26.3 Å². The number of amides is 1. The van der Waals surface area contributed by atoms with Crippen molar-refractivity contribution in [3.63, 3.8) is 0 Å². The van der Waals surface area contributed by atoms with E-state index in [-0.39, 0.29) is 5.91 Å². The number of carbonyl (C=O) groups excluding carboxylic acids is 1. The molecule has 3 aromatic rings. The van der Waals surface area contributed by atoms with Crippen molar-refractivity contribution in [2.45, 2.75) is 13.3 Å². The van der Waals surface area contributed by atoms with Crippen LogP contribution in [0.5, 0.6) is 0 Å². The molecular formula is C22H20Cl2N4O2. The lowest BCUT2D eigenvalue weighted by molar-refractivity contribution is 0.0303. The Morgan fingerprint density at radius 3 is 2.70 bits per heavy atom. The molecule has 8 heteroatoms. The molecule has 0 radical (unpaired) electrons. The second-order valence-corrected chi connectivity index (χ2v) is 8.11. The number of aryl methyl sites for hydroxylation is 2. The van der Waals surface area contributed by atoms with Gasteiger partial charge < -0.3 is 14.2 Å². The van der Waals surface area contributed by atoms with Crippen LogP contribution in [0.3, 0.4) is 0 Å². The van der Waals surface area contributed by atoms with E-state index in [0.717, 1.165) is 22.4 Å². The summed E-state index contributed by atoms with van der Waals surface area (Å²) in [6.07, 6.45) is 0.369. The molecular weight excluding hydrogens is 423 g/mol. The molecule has 1 amide bonds. The summed E-state index contributed by atoms with van der Waals surface area (Å²) in [4.78, 5) is 19.4. The van der Waals surface area contributed by atoms with Gasteiger partial charge in [0.15, 0.2) is 0 Å². The topological polar surface area (TPSA) is 71.2 Å². The first-order valence-electron chi connectivity index (χ1n) is 9.60. The highest BCUT2D eigenvalue weighted by Gasteiger charge is 2.24. The molecule has 0 unspecified atom stereocenters. The zero-order chi connectivity index (χ0) is 21.4. The normalized spacial score (nSPS) is 14.2. The van der Waals surface area contributed by atoms with Gasteiger partial charge in [0.05, 0.1) is 46.5 Å². The molecule has 1 aliphatic heterocycles. The van der Waals surface area contributed by atoms with Gasteiger partial charge in [0, 0.05) is 31.6 Å². The monoisotopic (exact) mass is 442 g/mol. The molecule has 1 saturated heterocycles. The number of hydrogen-bond acceptors (Lipinski definition) is 4. The van der Waals surface area contributed by atoms with E-state index in [2.05, 4.69) is 6.07 Å². The van der Waals surface area contributed by atoms with E-state index in [1.807, 2.05) is 30.7 Å². The van der Waals surface area contributed by atoms with E-state index in [1.54, 1.807) is 17.0 Å². The zero-order valence-corrected chi connectivity index (χ0v) is 18.2. The number of imidazole rings is 1. The second kappa shape index (κ2) is 8.27. The molecule has 1 fully saturated rings. The van der Waals surface area contributed by atoms with Gasteiger partial charge in [0.1, 0.15) is 5.82 Å². The minimum absolute atomic E-state index is 0.124. The van der Waals surface area contributed by atoms with E-state index in [4.69, 9.17) is 32.9 Å². The van der Waals surface area contributed by atoms with Crippen LogP contribution in [0.25, 0.3) is 11.0 Å². The Labute approximate surface area is 184 Å². The number of nitrogens with zero attached hydrogens (tertiary/aromatic N) is 4. The van der Waals surface area contributed by atoms with Gasteiger partial charge in [-0.15, -0.1) is 0 Å². The predicted octanol–water partition coefficient (Wildman–Crippen LogP) is 4.12. The Morgan fingerprint density at radius 2 is 2.00 bits per heavy atom. The molecule has 30 heavy (non-hydrogen) atoms. The first-order valence-corrected chi connectivity index (χ1v) is 10.4. The second-order valence-electron chi connectivity index (χ2n) is 7.33. The third-order valence-corrected chi connectivity index (χ3v) is 6.23. The van der Waals surface area contributed by atoms with Crippen LogP contribution < -0.4 is 0 Å². The first kappa shape index (κ1) is 20.7. The largest absolute Gasteiger partial charge is 0.378 e. The molecule has 2 aromatic carbocycles. The van der Waals surface area contributed by atoms with Crippen molar-refractivity contribution in [3.05, 3.63) is 62.4 Å². The highest BCUT2D eigenvalue weighted by molar-refractivity contribution is 6.38. The average molecular weight is 443 g/mol. The molecule has 0 saturated carbocycles. The molecule has 1 aliphatic rings. The molecule has 0 N–H and O–H groups in total. The number of fused-ring (bicyclic) bond motifs is 1. The van der Waals surface area contributed by atoms with Crippen LogP contribution in [-0.4, -0.2) is 46.7 Å². The predicted molar refractivity (Wildman–Crippen MR) is 116 cm³/mol. The van der Waals surface area contributed by atoms with E-state index in [9.17, 15) is 10.1 Å². The third-order valence-electron chi connectivity index (χ3n) is 5.45. The van der Waals surface area contributed by atoms with Gasteiger partial charge in [-0.2, -0.15) is 5.26 Å². The summed E-state index contributed by atoms with van der Waals surface area (Å²) in [7, 11) is 1.90. The third kappa shape index (κ3) is 3.65. The molecule has 0 atom stereocenters. The molecule has 2 heterocycles. The van der Waals surface area contributed by atoms with E-state index < -0.39 is 0 Å². The molecule has 1 aromatic heterocycles. The van der Waals surface area contributed by atoms with Crippen molar-refractivity contribution in [1.82, 2.24) is 14.5 Å². The van der Waals surface area contributed by atoms with Crippen LogP contribution in [0.2, 0.25) is 10.0 Å². The van der Waals surface area contributed by atoms with Gasteiger partial charge in [-0.3, -0.25) is 4.79 Å². The lowest BCUT2D eigenvalue weighted by Crippen LogP contribution is -2.40. The molecule has 154 valence electrons. The number of halogens is 2. The number of carbonyl (C=O) groups is 1. The fourth-order valence-electron chi connectivity index (χ4n) is 3.75. The highest BCUT2D eigenvalue weighted by Crippen LogP contribution is 2.32. The standard InChI is InChI=1S/C22H20Cl2N4O2/c1-13-9-14(12-25)10-18-21(13)26-19(27(18)2)11-16-17(23)4-3-15(20(16)24)22(29)28-5-7-30-8-6-28/h3-4,9-10H,5-8,11H2,1-2H3. The van der Waals surface area contributed by atoms with Crippen LogP contribution >= 0.6 is 23.2 Å². The van der Waals surface area contributed by atoms with Crippen LogP contribution in [0.15, 0.2) is 24.3 Å². The van der Waals surface area contributed by atoms with Gasteiger partial charge in [-0.25, -0.2) is 4.98 Å². The Morgan fingerprint density at radius 1 is 1.27 bits per heavy atom. The fraction of sp³-hybridized carbons (Fsp3) is 0.318. The summed E-state index contributed by atoms with van der Waals surface area (Å²) in [5.41, 5.74) is 4.31. The van der Waals surface area contributed by atoms with Crippen LogP contribution in [-0.2, 0) is 18.2 Å². The number of morpholine rings is 1. The van der Waals surface area contributed by atoms with Crippen molar-refractivity contribution in [2.24, 2.45) is 7.05 Å². The van der Waals surface area contributed by atoms with Gasteiger partial charge in [0.2, 0.25) is 0 Å². The number of nitriles is 1. The van der Waals surface area contributed by atoms with Crippen molar-refractivity contribution in [1.29, 1.82) is 5.26 Å². The van der Waals surface area contributed by atoms with Crippen LogP contribution in [0.1, 0.15) is 32.9 Å². The summed E-state index contributed by atoms with van der Waals surface area (Å²) < 4.78 is 7.26. The van der Waals surface area contributed by atoms with E-state index in [1.165, 1.54) is 0 Å². The molecule has 4 rings (SSSR count). The first-order chi connectivity index (χ1) is 14.4. The molecule has 0 bridgehead atoms. The average Bonchev–Trinajstić information content (AvgIpc) is 3.07. The fourth-order valence-corrected chi connectivity index (χ4v) is 4.33. The van der Waals surface area contributed by atoms with Gasteiger partial charge in [-0.1, -0.05) is 23.2 Å².